The van der Waals surface area contributed by atoms with Gasteiger partial charge in [-0.25, -0.2) is 9.59 Å². The highest BCUT2D eigenvalue weighted by Gasteiger charge is 2.48. The Hall–Kier alpha value is -3.62. The first-order valence-electron chi connectivity index (χ1n) is 9.44. The molecule has 158 valence electrons. The number of nitrogens with one attached hydrogen (secondary N) is 2. The van der Waals surface area contributed by atoms with E-state index in [2.05, 4.69) is 10.7 Å². The summed E-state index contributed by atoms with van der Waals surface area (Å²) >= 11 is 0. The zero-order valence-corrected chi connectivity index (χ0v) is 17.0. The summed E-state index contributed by atoms with van der Waals surface area (Å²) in [6, 6.07) is 10.3. The van der Waals surface area contributed by atoms with Crippen molar-refractivity contribution in [1.82, 2.24) is 15.8 Å². The van der Waals surface area contributed by atoms with Gasteiger partial charge in [0.15, 0.2) is 6.61 Å². The van der Waals surface area contributed by atoms with Crippen LogP contribution in [0.2, 0.25) is 0 Å². The van der Waals surface area contributed by atoms with Gasteiger partial charge in [-0.2, -0.15) is 5.01 Å². The molecule has 0 aliphatic carbocycles. The summed E-state index contributed by atoms with van der Waals surface area (Å²) in [4.78, 5) is 49.1. The maximum atomic E-state index is 12.7. The Bertz CT molecular complexity index is 984. The van der Waals surface area contributed by atoms with Gasteiger partial charge in [-0.15, -0.1) is 0 Å². The Morgan fingerprint density at radius 2 is 1.90 bits per heavy atom. The van der Waals surface area contributed by atoms with E-state index >= 15 is 0 Å². The number of nitrogens with zero attached hydrogens (tertiary/aromatic N) is 1. The Kier molecular flexibility index (Phi) is 5.91. The molecule has 2 N–H and O–H groups in total. The van der Waals surface area contributed by atoms with Crippen molar-refractivity contribution >= 4 is 23.8 Å². The third-order valence-corrected chi connectivity index (χ3v) is 4.85. The Morgan fingerprint density at radius 3 is 2.53 bits per heavy atom. The topological polar surface area (TPSA) is 118 Å². The number of rotatable bonds is 7. The van der Waals surface area contributed by atoms with Crippen LogP contribution in [0, 0.1) is 13.8 Å². The second-order valence-electron chi connectivity index (χ2n) is 7.33. The van der Waals surface area contributed by atoms with Crippen LogP contribution in [0.4, 0.5) is 4.79 Å². The molecule has 2 heterocycles. The Morgan fingerprint density at radius 1 is 1.20 bits per heavy atom. The van der Waals surface area contributed by atoms with Crippen molar-refractivity contribution in [2.24, 2.45) is 0 Å². The minimum Gasteiger partial charge on any atom is -0.466 e. The number of furan rings is 1. The van der Waals surface area contributed by atoms with Crippen LogP contribution in [0.1, 0.15) is 40.8 Å². The number of benzene rings is 1. The molecule has 1 saturated heterocycles. The largest absolute Gasteiger partial charge is 0.466 e. The molecule has 9 nitrogen and oxygen atoms in total. The van der Waals surface area contributed by atoms with E-state index in [0.29, 0.717) is 29.4 Å². The summed E-state index contributed by atoms with van der Waals surface area (Å²) < 4.78 is 10.2. The molecule has 0 spiro atoms. The van der Waals surface area contributed by atoms with Gasteiger partial charge in [-0.05, 0) is 45.2 Å². The lowest BCUT2D eigenvalue weighted by atomic mass is 9.93. The normalized spacial score (nSPS) is 18.3. The average Bonchev–Trinajstić information content (AvgIpc) is 3.16. The number of hydrogen-bond donors (Lipinski definition) is 2. The van der Waals surface area contributed by atoms with Crippen molar-refractivity contribution in [3.63, 3.8) is 0 Å². The molecule has 9 heteroatoms. The summed E-state index contributed by atoms with van der Waals surface area (Å²) in [5, 5.41) is 3.23. The van der Waals surface area contributed by atoms with E-state index in [1.807, 2.05) is 30.3 Å². The van der Waals surface area contributed by atoms with Crippen LogP contribution in [0.25, 0.3) is 0 Å². The van der Waals surface area contributed by atoms with E-state index < -0.39 is 36.0 Å². The maximum absolute atomic E-state index is 12.7. The van der Waals surface area contributed by atoms with Gasteiger partial charge in [0, 0.05) is 0 Å². The van der Waals surface area contributed by atoms with Crippen LogP contribution in [0.5, 0.6) is 0 Å². The quantitative estimate of drug-likeness (QED) is 0.530. The lowest BCUT2D eigenvalue weighted by molar-refractivity contribution is -0.140. The molecule has 30 heavy (non-hydrogen) atoms. The molecule has 0 unspecified atom stereocenters. The van der Waals surface area contributed by atoms with E-state index in [9.17, 15) is 19.2 Å². The van der Waals surface area contributed by atoms with Crippen LogP contribution < -0.4 is 10.7 Å². The number of aryl methyl sites for hydroxylation is 3. The molecular weight excluding hydrogens is 390 g/mol. The molecule has 0 saturated carbocycles. The first-order valence-corrected chi connectivity index (χ1v) is 9.44. The lowest BCUT2D eigenvalue weighted by Gasteiger charge is -2.21. The van der Waals surface area contributed by atoms with Crippen molar-refractivity contribution in [3.8, 4) is 0 Å². The van der Waals surface area contributed by atoms with Gasteiger partial charge < -0.3 is 14.5 Å². The fourth-order valence-corrected chi connectivity index (χ4v) is 3.19. The molecule has 4 amide bonds. The second kappa shape index (κ2) is 8.40. The predicted octanol–water partition coefficient (Wildman–Crippen LogP) is 2.03. The average molecular weight is 413 g/mol. The summed E-state index contributed by atoms with van der Waals surface area (Å²) in [6.45, 7) is 4.24. The molecule has 1 atom stereocenters. The number of ether oxygens (including phenoxy) is 1. The van der Waals surface area contributed by atoms with E-state index in [0.717, 1.165) is 5.56 Å². The highest BCUT2D eigenvalue weighted by atomic mass is 16.5. The first-order chi connectivity index (χ1) is 14.2. The number of urea groups is 1. The van der Waals surface area contributed by atoms with Gasteiger partial charge >= 0.3 is 12.0 Å². The van der Waals surface area contributed by atoms with Gasteiger partial charge in [0.05, 0.1) is 0 Å². The van der Waals surface area contributed by atoms with E-state index in [-0.39, 0.29) is 5.56 Å². The second-order valence-corrected chi connectivity index (χ2v) is 7.33. The minimum absolute atomic E-state index is 0.212. The van der Waals surface area contributed by atoms with Crippen molar-refractivity contribution in [2.75, 3.05) is 6.61 Å². The zero-order chi connectivity index (χ0) is 21.9. The smallest absolute Gasteiger partial charge is 0.344 e. The molecule has 0 bridgehead atoms. The van der Waals surface area contributed by atoms with Crippen LogP contribution in [-0.4, -0.2) is 41.0 Å². The van der Waals surface area contributed by atoms with Gasteiger partial charge in [0.2, 0.25) is 0 Å². The van der Waals surface area contributed by atoms with Gasteiger partial charge in [-0.3, -0.25) is 15.0 Å². The summed E-state index contributed by atoms with van der Waals surface area (Å²) in [6.07, 6.45) is 0.939. The number of amides is 4. The highest BCUT2D eigenvalue weighted by molar-refractivity contribution is 6.07. The third kappa shape index (κ3) is 4.51. The fourth-order valence-electron chi connectivity index (χ4n) is 3.19. The van der Waals surface area contributed by atoms with Crippen LogP contribution in [-0.2, 0) is 20.7 Å². The molecule has 1 fully saturated rings. The van der Waals surface area contributed by atoms with Crippen LogP contribution >= 0.6 is 0 Å². The molecule has 1 aromatic heterocycles. The summed E-state index contributed by atoms with van der Waals surface area (Å²) in [7, 11) is 0. The number of carbonyl (C=O) groups excluding carboxylic acids is 4. The molecule has 1 aliphatic rings. The molecule has 0 radical (unpaired) electrons. The molecular formula is C21H23N3O6. The number of carbonyl (C=O) groups is 4. The molecule has 1 aromatic carbocycles. The maximum Gasteiger partial charge on any atom is 0.344 e. The van der Waals surface area contributed by atoms with Gasteiger partial charge in [0.1, 0.15) is 22.6 Å². The monoisotopic (exact) mass is 413 g/mol. The molecule has 1 aliphatic heterocycles. The number of imide groups is 1. The summed E-state index contributed by atoms with van der Waals surface area (Å²) in [5.41, 5.74) is 2.28. The summed E-state index contributed by atoms with van der Waals surface area (Å²) in [5.74, 6) is -1.20. The predicted molar refractivity (Wildman–Crippen MR) is 105 cm³/mol. The minimum atomic E-state index is -1.15. The fraction of sp³-hybridized carbons (Fsp3) is 0.333. The number of esters is 1. The van der Waals surface area contributed by atoms with Gasteiger partial charge in [-0.1, -0.05) is 30.3 Å². The standard InChI is InChI=1S/C21H23N3O6/c1-13-11-16(14(2)30-13)18(26)29-12-17(25)23-24-19(27)21(3,22-20(24)28)10-9-15-7-5-4-6-8-15/h4-8,11H,9-10,12H2,1-3H3,(H,22,28)(H,23,25)/t21-/m1/s1. The van der Waals surface area contributed by atoms with E-state index in [1.54, 1.807) is 20.8 Å². The molecule has 2 aromatic rings. The van der Waals surface area contributed by atoms with E-state index in [1.165, 1.54) is 6.07 Å². The Balaban J connectivity index is 1.54. The third-order valence-electron chi connectivity index (χ3n) is 4.85. The zero-order valence-electron chi connectivity index (χ0n) is 17.0. The van der Waals surface area contributed by atoms with Crippen LogP contribution in [0.15, 0.2) is 40.8 Å². The SMILES string of the molecule is Cc1cc(C(=O)OCC(=O)NN2C(=O)N[C@](C)(CCc3ccccc3)C2=O)c(C)o1. The Labute approximate surface area is 173 Å². The van der Waals surface area contributed by atoms with Crippen molar-refractivity contribution in [3.05, 3.63) is 59.0 Å². The first kappa shape index (κ1) is 21.1. The highest BCUT2D eigenvalue weighted by Crippen LogP contribution is 2.22. The van der Waals surface area contributed by atoms with Crippen molar-refractivity contribution in [1.29, 1.82) is 0 Å². The van der Waals surface area contributed by atoms with E-state index in [4.69, 9.17) is 9.15 Å². The number of hydrazine groups is 1. The molecule has 3 rings (SSSR count). The van der Waals surface area contributed by atoms with Crippen LogP contribution in [0.3, 0.4) is 0 Å². The van der Waals surface area contributed by atoms with Crippen molar-refractivity contribution < 1.29 is 28.3 Å². The van der Waals surface area contributed by atoms with Gasteiger partial charge in [0.25, 0.3) is 11.8 Å². The van der Waals surface area contributed by atoms with Crippen molar-refractivity contribution in [2.45, 2.75) is 39.2 Å². The number of hydrogen-bond acceptors (Lipinski definition) is 6. The lowest BCUT2D eigenvalue weighted by Crippen LogP contribution is -2.50.